The van der Waals surface area contributed by atoms with Crippen molar-refractivity contribution in [1.29, 1.82) is 5.26 Å². The number of hydrogen-bond donors (Lipinski definition) is 0. The van der Waals surface area contributed by atoms with Crippen molar-refractivity contribution in [3.05, 3.63) is 97.2 Å². The Kier molecular flexibility index (Phi) is 6.57. The number of methoxy groups -OCH3 is 1. The average Bonchev–Trinajstić information content (AvgIpc) is 3.41. The molecule has 0 aliphatic carbocycles. The minimum absolute atomic E-state index is 0.126. The Bertz CT molecular complexity index is 1600. The average molecular weight is 471 g/mol. The van der Waals surface area contributed by atoms with Gasteiger partial charge in [-0.3, -0.25) is 18.8 Å². The van der Waals surface area contributed by atoms with Crippen LogP contribution >= 0.6 is 11.3 Å². The Morgan fingerprint density at radius 3 is 2.71 bits per heavy atom. The number of aryl methyl sites for hydroxylation is 2. The number of ketones is 1. The summed E-state index contributed by atoms with van der Waals surface area (Å²) in [5.41, 5.74) is 2.21. The molecular formula is C26H22N4O3S. The predicted molar refractivity (Wildman–Crippen MR) is 132 cm³/mol. The second kappa shape index (κ2) is 9.73. The Morgan fingerprint density at radius 2 is 2.03 bits per heavy atom. The number of carbonyl (C=O) groups is 1. The van der Waals surface area contributed by atoms with Crippen LogP contribution in [0.2, 0.25) is 0 Å². The molecule has 4 rings (SSSR count). The Balaban J connectivity index is 2.07. The van der Waals surface area contributed by atoms with Crippen molar-refractivity contribution in [2.45, 2.75) is 13.3 Å². The second-order valence-corrected chi connectivity index (χ2v) is 8.57. The lowest BCUT2D eigenvalue weighted by Crippen LogP contribution is -2.31. The molecule has 0 bridgehead atoms. The fourth-order valence-corrected chi connectivity index (χ4v) is 4.73. The number of Topliss-reactive ketones (excluding diaryl/α,β-unsaturated/α-hetero) is 1. The summed E-state index contributed by atoms with van der Waals surface area (Å²) in [6.45, 7) is 2.02. The van der Waals surface area contributed by atoms with E-state index in [0.717, 1.165) is 28.9 Å². The molecule has 0 saturated heterocycles. The Hall–Kier alpha value is -4.22. The first kappa shape index (κ1) is 23.0. The molecule has 170 valence electrons. The highest BCUT2D eigenvalue weighted by molar-refractivity contribution is 7.07. The van der Waals surface area contributed by atoms with E-state index in [0.29, 0.717) is 16.0 Å². The number of nitriles is 1. The number of thiazole rings is 1. The first-order valence-corrected chi connectivity index (χ1v) is 11.4. The molecule has 7 nitrogen and oxygen atoms in total. The van der Waals surface area contributed by atoms with Crippen molar-refractivity contribution >= 4 is 28.8 Å². The molecule has 34 heavy (non-hydrogen) atoms. The van der Waals surface area contributed by atoms with Gasteiger partial charge >= 0.3 is 0 Å². The van der Waals surface area contributed by atoms with Crippen LogP contribution in [0.25, 0.3) is 17.3 Å². The van der Waals surface area contributed by atoms with Crippen LogP contribution in [0.4, 0.5) is 0 Å². The standard InChI is InChI=1S/C26H22N4O3S/c1-4-17-8-7-9-19(12-17)30-25(32)23(13-18-15-28-29(2)16-18)34-26(30)21(14-27)24(31)20-10-5-6-11-22(20)33-3/h5-13,15-16H,4H2,1-3H3. The molecule has 0 spiro atoms. The SMILES string of the molecule is CCc1cccc(-n2c(=C(C#N)C(=O)c3ccccc3OC)sc(=Cc3cnn(C)c3)c2=O)c1. The van der Waals surface area contributed by atoms with Crippen molar-refractivity contribution in [2.75, 3.05) is 7.11 Å². The van der Waals surface area contributed by atoms with Crippen LogP contribution in [0, 0.1) is 11.3 Å². The predicted octanol–water partition coefficient (Wildman–Crippen LogP) is 2.59. The molecule has 2 aromatic heterocycles. The van der Waals surface area contributed by atoms with Gasteiger partial charge in [-0.15, -0.1) is 11.3 Å². The number of aromatic nitrogens is 3. The number of hydrogen-bond acceptors (Lipinski definition) is 6. The number of benzene rings is 2. The van der Waals surface area contributed by atoms with Crippen LogP contribution in [-0.2, 0) is 13.5 Å². The van der Waals surface area contributed by atoms with Gasteiger partial charge < -0.3 is 4.74 Å². The Labute approximate surface area is 200 Å². The van der Waals surface area contributed by atoms with Gasteiger partial charge in [0.2, 0.25) is 5.78 Å². The molecule has 2 heterocycles. The number of rotatable bonds is 6. The molecule has 0 fully saturated rings. The second-order valence-electron chi connectivity index (χ2n) is 7.54. The zero-order valence-corrected chi connectivity index (χ0v) is 19.8. The Morgan fingerprint density at radius 1 is 1.24 bits per heavy atom. The minimum Gasteiger partial charge on any atom is -0.496 e. The highest BCUT2D eigenvalue weighted by Gasteiger charge is 2.21. The summed E-state index contributed by atoms with van der Waals surface area (Å²) in [4.78, 5) is 27.0. The molecule has 0 aliphatic rings. The van der Waals surface area contributed by atoms with Gasteiger partial charge in [-0.05, 0) is 42.3 Å². The maximum Gasteiger partial charge on any atom is 0.273 e. The molecule has 4 aromatic rings. The van der Waals surface area contributed by atoms with Crippen LogP contribution in [0.1, 0.15) is 28.4 Å². The minimum atomic E-state index is -0.505. The van der Waals surface area contributed by atoms with Crippen LogP contribution in [0.5, 0.6) is 5.75 Å². The summed E-state index contributed by atoms with van der Waals surface area (Å²) in [6.07, 6.45) is 5.93. The van der Waals surface area contributed by atoms with Gasteiger partial charge in [0.25, 0.3) is 5.56 Å². The molecule has 0 aliphatic heterocycles. The lowest BCUT2D eigenvalue weighted by molar-refractivity contribution is 0.105. The van der Waals surface area contributed by atoms with Gasteiger partial charge in [0.1, 0.15) is 22.1 Å². The lowest BCUT2D eigenvalue weighted by Gasteiger charge is -2.08. The quantitative estimate of drug-likeness (QED) is 0.404. The fourth-order valence-electron chi connectivity index (χ4n) is 3.63. The maximum absolute atomic E-state index is 13.6. The van der Waals surface area contributed by atoms with Gasteiger partial charge in [0.15, 0.2) is 0 Å². The normalized spacial score (nSPS) is 12.4. The smallest absolute Gasteiger partial charge is 0.273 e. The first-order chi connectivity index (χ1) is 16.5. The van der Waals surface area contributed by atoms with E-state index in [1.807, 2.05) is 31.2 Å². The van der Waals surface area contributed by atoms with E-state index >= 15 is 0 Å². The number of nitrogens with zero attached hydrogens (tertiary/aromatic N) is 4. The largest absolute Gasteiger partial charge is 0.496 e. The summed E-state index contributed by atoms with van der Waals surface area (Å²) in [5.74, 6) is -0.143. The van der Waals surface area contributed by atoms with Crippen molar-refractivity contribution in [3.8, 4) is 17.5 Å². The van der Waals surface area contributed by atoms with Crippen molar-refractivity contribution < 1.29 is 9.53 Å². The molecule has 2 aromatic carbocycles. The maximum atomic E-state index is 13.6. The summed E-state index contributed by atoms with van der Waals surface area (Å²) in [5, 5.41) is 14.2. The first-order valence-electron chi connectivity index (χ1n) is 10.6. The third-order valence-electron chi connectivity index (χ3n) is 5.33. The van der Waals surface area contributed by atoms with E-state index in [1.165, 1.54) is 11.7 Å². The van der Waals surface area contributed by atoms with E-state index in [9.17, 15) is 14.9 Å². The van der Waals surface area contributed by atoms with Gasteiger partial charge in [-0.1, -0.05) is 31.2 Å². The van der Waals surface area contributed by atoms with Gasteiger partial charge in [-0.2, -0.15) is 10.4 Å². The summed E-state index contributed by atoms with van der Waals surface area (Å²) < 4.78 is 9.08. The molecule has 0 unspecified atom stereocenters. The number of ether oxygens (including phenoxy) is 1. The molecular weight excluding hydrogens is 448 g/mol. The van der Waals surface area contributed by atoms with Crippen LogP contribution in [0.3, 0.4) is 0 Å². The topological polar surface area (TPSA) is 89.9 Å². The third-order valence-corrected chi connectivity index (χ3v) is 6.42. The number of carbonyl (C=O) groups excluding carboxylic acids is 1. The van der Waals surface area contributed by atoms with Gasteiger partial charge in [-0.25, -0.2) is 0 Å². The van der Waals surface area contributed by atoms with E-state index in [2.05, 4.69) is 5.10 Å². The van der Waals surface area contributed by atoms with Crippen molar-refractivity contribution in [1.82, 2.24) is 14.3 Å². The van der Waals surface area contributed by atoms with E-state index in [1.54, 1.807) is 60.5 Å². The monoisotopic (exact) mass is 470 g/mol. The van der Waals surface area contributed by atoms with Crippen molar-refractivity contribution in [2.24, 2.45) is 7.05 Å². The third kappa shape index (κ3) is 4.34. The molecule has 0 amide bonds. The molecule has 0 N–H and O–H groups in total. The van der Waals surface area contributed by atoms with Crippen LogP contribution in [0.15, 0.2) is 65.7 Å². The van der Waals surface area contributed by atoms with Gasteiger partial charge in [0.05, 0.1) is 29.1 Å². The highest BCUT2D eigenvalue weighted by Crippen LogP contribution is 2.21. The van der Waals surface area contributed by atoms with Crippen LogP contribution < -0.4 is 19.5 Å². The molecule has 0 saturated carbocycles. The molecule has 0 atom stereocenters. The lowest BCUT2D eigenvalue weighted by atomic mass is 10.0. The number of para-hydroxylation sites is 1. The summed E-state index contributed by atoms with van der Waals surface area (Å²) in [6, 6.07) is 16.3. The zero-order chi connectivity index (χ0) is 24.2. The molecule has 0 radical (unpaired) electrons. The van der Waals surface area contributed by atoms with Crippen molar-refractivity contribution in [3.63, 3.8) is 0 Å². The van der Waals surface area contributed by atoms with Crippen LogP contribution in [-0.4, -0.2) is 27.2 Å². The van der Waals surface area contributed by atoms with Gasteiger partial charge in [0, 0.05) is 18.8 Å². The summed E-state index contributed by atoms with van der Waals surface area (Å²) >= 11 is 1.10. The van der Waals surface area contributed by atoms with E-state index < -0.39 is 5.78 Å². The highest BCUT2D eigenvalue weighted by atomic mass is 32.1. The fraction of sp³-hybridized carbons (Fsp3) is 0.154. The van der Waals surface area contributed by atoms with E-state index in [4.69, 9.17) is 4.74 Å². The van der Waals surface area contributed by atoms with E-state index in [-0.39, 0.29) is 21.4 Å². The molecule has 8 heteroatoms. The zero-order valence-electron chi connectivity index (χ0n) is 19.0. The summed E-state index contributed by atoms with van der Waals surface area (Å²) in [7, 11) is 3.26.